The predicted molar refractivity (Wildman–Crippen MR) is 137 cm³/mol. The second-order valence-corrected chi connectivity index (χ2v) is 8.87. The molecule has 0 amide bonds. The maximum absolute atomic E-state index is 13.6. The van der Waals surface area contributed by atoms with Gasteiger partial charge in [-0.25, -0.2) is 9.37 Å². The number of nitrogens with zero attached hydrogens (tertiary/aromatic N) is 5. The molecule has 0 spiro atoms. The summed E-state index contributed by atoms with van der Waals surface area (Å²) >= 11 is 5.97. The number of aromatic nitrogens is 2. The molecule has 2 fully saturated rings. The van der Waals surface area contributed by atoms with E-state index in [0.717, 1.165) is 75.4 Å². The number of hydrogen-bond acceptors (Lipinski definition) is 8. The van der Waals surface area contributed by atoms with Crippen molar-refractivity contribution in [3.8, 4) is 0 Å². The number of nitrogens with one attached hydrogen (secondary N) is 1. The standard InChI is InChI=1S/C25H28ClFN6O2/c1-31(19-2-3-23(27)22(26)17-19)24-4-5-28-25(30-24)29-18-14-20(32-6-10-34-11-7-32)16-21(15-18)33-8-12-35-13-9-33/h2-5,14-17H,6-13H2,1H3,(H,28,29,30). The van der Waals surface area contributed by atoms with Crippen molar-refractivity contribution in [3.05, 3.63) is 59.5 Å². The Kier molecular flexibility index (Phi) is 7.17. The van der Waals surface area contributed by atoms with Crippen molar-refractivity contribution in [2.75, 3.05) is 79.7 Å². The van der Waals surface area contributed by atoms with Crippen LogP contribution in [0.15, 0.2) is 48.7 Å². The average Bonchev–Trinajstić information content (AvgIpc) is 2.91. The van der Waals surface area contributed by atoms with Gasteiger partial charge in [-0.3, -0.25) is 0 Å². The van der Waals surface area contributed by atoms with E-state index in [1.807, 2.05) is 11.9 Å². The van der Waals surface area contributed by atoms with Crippen molar-refractivity contribution in [3.63, 3.8) is 0 Å². The van der Waals surface area contributed by atoms with E-state index < -0.39 is 5.82 Å². The summed E-state index contributed by atoms with van der Waals surface area (Å²) in [7, 11) is 1.85. The fraction of sp³-hybridized carbons (Fsp3) is 0.360. The molecule has 0 bridgehead atoms. The SMILES string of the molecule is CN(c1ccc(F)c(Cl)c1)c1ccnc(Nc2cc(N3CCOCC3)cc(N3CCOCC3)c2)n1. The summed E-state index contributed by atoms with van der Waals surface area (Å²) in [6.07, 6.45) is 1.70. The zero-order valence-corrected chi connectivity index (χ0v) is 20.3. The first-order valence-electron chi connectivity index (χ1n) is 11.7. The molecule has 1 N–H and O–H groups in total. The van der Waals surface area contributed by atoms with Crippen molar-refractivity contribution >= 4 is 46.1 Å². The van der Waals surface area contributed by atoms with Crippen molar-refractivity contribution in [2.24, 2.45) is 0 Å². The maximum atomic E-state index is 13.6. The third-order valence-corrected chi connectivity index (χ3v) is 6.48. The molecule has 35 heavy (non-hydrogen) atoms. The van der Waals surface area contributed by atoms with Gasteiger partial charge in [0.2, 0.25) is 5.95 Å². The Bertz CT molecular complexity index is 1130. The van der Waals surface area contributed by atoms with E-state index in [0.29, 0.717) is 11.8 Å². The van der Waals surface area contributed by atoms with Crippen LogP contribution in [0.25, 0.3) is 0 Å². The van der Waals surface area contributed by atoms with Gasteiger partial charge >= 0.3 is 0 Å². The van der Waals surface area contributed by atoms with Gasteiger partial charge in [0.15, 0.2) is 0 Å². The van der Waals surface area contributed by atoms with E-state index in [4.69, 9.17) is 21.1 Å². The largest absolute Gasteiger partial charge is 0.378 e. The second kappa shape index (κ2) is 10.6. The molecular weight excluding hydrogens is 471 g/mol. The number of ether oxygens (including phenoxy) is 2. The van der Waals surface area contributed by atoms with Crippen LogP contribution in [0.1, 0.15) is 0 Å². The Morgan fingerprint density at radius 2 is 1.54 bits per heavy atom. The van der Waals surface area contributed by atoms with Gasteiger partial charge in [0.05, 0.1) is 31.5 Å². The van der Waals surface area contributed by atoms with Crippen LogP contribution < -0.4 is 20.0 Å². The van der Waals surface area contributed by atoms with Gasteiger partial charge < -0.3 is 29.5 Å². The number of anilines is 6. The zero-order chi connectivity index (χ0) is 24.2. The molecular formula is C25H28ClFN6O2. The summed E-state index contributed by atoms with van der Waals surface area (Å²) in [6, 6.07) is 12.8. The third kappa shape index (κ3) is 5.58. The van der Waals surface area contributed by atoms with Gasteiger partial charge in [-0.2, -0.15) is 4.98 Å². The molecule has 0 radical (unpaired) electrons. The Labute approximate surface area is 209 Å². The summed E-state index contributed by atoms with van der Waals surface area (Å²) in [5, 5.41) is 3.45. The highest BCUT2D eigenvalue weighted by Crippen LogP contribution is 2.31. The third-order valence-electron chi connectivity index (χ3n) is 6.19. The van der Waals surface area contributed by atoms with Gasteiger partial charge in [0.25, 0.3) is 0 Å². The highest BCUT2D eigenvalue weighted by Gasteiger charge is 2.18. The Hall–Kier alpha value is -3.14. The number of rotatable bonds is 6. The van der Waals surface area contributed by atoms with Crippen molar-refractivity contribution in [1.29, 1.82) is 0 Å². The minimum absolute atomic E-state index is 0.0670. The van der Waals surface area contributed by atoms with Crippen molar-refractivity contribution in [2.45, 2.75) is 0 Å². The van der Waals surface area contributed by atoms with Crippen LogP contribution in [-0.4, -0.2) is 69.6 Å². The Morgan fingerprint density at radius 3 is 2.14 bits per heavy atom. The van der Waals surface area contributed by atoms with E-state index in [9.17, 15) is 4.39 Å². The molecule has 184 valence electrons. The first-order chi connectivity index (χ1) is 17.1. The van der Waals surface area contributed by atoms with Gasteiger partial charge in [-0.1, -0.05) is 11.6 Å². The first-order valence-corrected chi connectivity index (χ1v) is 12.0. The summed E-state index contributed by atoms with van der Waals surface area (Å²) in [6.45, 7) is 6.27. The minimum Gasteiger partial charge on any atom is -0.378 e. The molecule has 2 saturated heterocycles. The molecule has 2 aromatic carbocycles. The van der Waals surface area contributed by atoms with Crippen LogP contribution in [0.3, 0.4) is 0 Å². The van der Waals surface area contributed by atoms with Gasteiger partial charge in [-0.05, 0) is 42.5 Å². The maximum Gasteiger partial charge on any atom is 0.229 e. The molecule has 2 aliphatic rings. The molecule has 8 nitrogen and oxygen atoms in total. The zero-order valence-electron chi connectivity index (χ0n) is 19.6. The van der Waals surface area contributed by atoms with Crippen LogP contribution in [0.5, 0.6) is 0 Å². The lowest BCUT2D eigenvalue weighted by Crippen LogP contribution is -2.38. The fourth-order valence-electron chi connectivity index (χ4n) is 4.23. The Balaban J connectivity index is 1.42. The monoisotopic (exact) mass is 498 g/mol. The predicted octanol–water partition coefficient (Wildman–Crippen LogP) is 4.45. The average molecular weight is 499 g/mol. The summed E-state index contributed by atoms with van der Waals surface area (Å²) in [4.78, 5) is 15.6. The summed E-state index contributed by atoms with van der Waals surface area (Å²) in [5.41, 5.74) is 3.90. The van der Waals surface area contributed by atoms with Crippen molar-refractivity contribution < 1.29 is 13.9 Å². The normalized spacial score (nSPS) is 16.3. The highest BCUT2D eigenvalue weighted by molar-refractivity contribution is 6.31. The number of morpholine rings is 2. The molecule has 0 atom stereocenters. The molecule has 0 unspecified atom stereocenters. The quantitative estimate of drug-likeness (QED) is 0.534. The molecule has 0 aliphatic carbocycles. The Morgan fingerprint density at radius 1 is 0.914 bits per heavy atom. The van der Waals surface area contributed by atoms with Gasteiger partial charge in [-0.15, -0.1) is 0 Å². The topological polar surface area (TPSA) is 66.0 Å². The fourth-order valence-corrected chi connectivity index (χ4v) is 4.40. The molecule has 5 rings (SSSR count). The van der Waals surface area contributed by atoms with Crippen LogP contribution in [0, 0.1) is 5.82 Å². The lowest BCUT2D eigenvalue weighted by Gasteiger charge is -2.33. The van der Waals surface area contributed by atoms with E-state index >= 15 is 0 Å². The highest BCUT2D eigenvalue weighted by atomic mass is 35.5. The molecule has 2 aliphatic heterocycles. The second-order valence-electron chi connectivity index (χ2n) is 8.46. The lowest BCUT2D eigenvalue weighted by atomic mass is 10.2. The number of hydrogen-bond donors (Lipinski definition) is 1. The van der Waals surface area contributed by atoms with Crippen LogP contribution in [0.2, 0.25) is 5.02 Å². The van der Waals surface area contributed by atoms with E-state index in [2.05, 4.69) is 43.3 Å². The molecule has 10 heteroatoms. The minimum atomic E-state index is -0.454. The number of benzene rings is 2. The van der Waals surface area contributed by atoms with E-state index in [-0.39, 0.29) is 5.02 Å². The van der Waals surface area contributed by atoms with Gasteiger partial charge in [0.1, 0.15) is 11.6 Å². The van der Waals surface area contributed by atoms with Crippen LogP contribution in [-0.2, 0) is 9.47 Å². The molecule has 3 heterocycles. The molecule has 3 aromatic rings. The first kappa shape index (κ1) is 23.6. The van der Waals surface area contributed by atoms with Crippen LogP contribution >= 0.6 is 11.6 Å². The lowest BCUT2D eigenvalue weighted by molar-refractivity contribution is 0.122. The van der Waals surface area contributed by atoms with E-state index in [1.165, 1.54) is 6.07 Å². The van der Waals surface area contributed by atoms with Crippen molar-refractivity contribution in [1.82, 2.24) is 9.97 Å². The van der Waals surface area contributed by atoms with Gasteiger partial charge in [0, 0.05) is 62.2 Å². The summed E-state index contributed by atoms with van der Waals surface area (Å²) < 4.78 is 24.7. The smallest absolute Gasteiger partial charge is 0.229 e. The van der Waals surface area contributed by atoms with E-state index in [1.54, 1.807) is 24.4 Å². The summed E-state index contributed by atoms with van der Waals surface area (Å²) in [5.74, 6) is 0.669. The van der Waals surface area contributed by atoms with Crippen LogP contribution in [0.4, 0.5) is 38.9 Å². The molecule has 1 aromatic heterocycles. The molecule has 0 saturated carbocycles. The number of halogens is 2.